The topological polar surface area (TPSA) is 54.4 Å². The molecule has 0 aliphatic carbocycles. The number of ether oxygens (including phenoxy) is 1. The highest BCUT2D eigenvalue weighted by Crippen LogP contribution is 2.33. The molecule has 3 aliphatic heterocycles. The molecule has 2 fully saturated rings. The lowest BCUT2D eigenvalue weighted by Gasteiger charge is -2.43. The number of fused-ring (bicyclic) bond motifs is 1. The SMILES string of the molecule is Cc1cc2n(n1)C[C@H](CNC[C@@]1(N3CCOCC3)CCSC1)CN2. The summed E-state index contributed by atoms with van der Waals surface area (Å²) in [5, 5.41) is 11.9. The number of aromatic nitrogens is 2. The Labute approximate surface area is 148 Å². The van der Waals surface area contributed by atoms with Gasteiger partial charge in [-0.2, -0.15) is 16.9 Å². The Kier molecular flexibility index (Phi) is 5.03. The molecule has 2 N–H and O–H groups in total. The van der Waals surface area contributed by atoms with Crippen LogP contribution in [0.2, 0.25) is 0 Å². The van der Waals surface area contributed by atoms with E-state index >= 15 is 0 Å². The molecule has 7 heteroatoms. The molecule has 0 unspecified atom stereocenters. The van der Waals surface area contributed by atoms with Crippen molar-refractivity contribution in [2.45, 2.75) is 25.4 Å². The van der Waals surface area contributed by atoms with Crippen molar-refractivity contribution in [3.05, 3.63) is 11.8 Å². The molecular weight excluding hydrogens is 322 g/mol. The van der Waals surface area contributed by atoms with Gasteiger partial charge in [-0.15, -0.1) is 0 Å². The Hall–Kier alpha value is -0.760. The lowest BCUT2D eigenvalue weighted by Crippen LogP contribution is -2.59. The Morgan fingerprint density at radius 3 is 3.12 bits per heavy atom. The predicted octanol–water partition coefficient (Wildman–Crippen LogP) is 1.03. The average molecular weight is 352 g/mol. The summed E-state index contributed by atoms with van der Waals surface area (Å²) in [6.07, 6.45) is 1.30. The molecule has 0 bridgehead atoms. The van der Waals surface area contributed by atoms with Gasteiger partial charge in [-0.1, -0.05) is 0 Å². The summed E-state index contributed by atoms with van der Waals surface area (Å²) < 4.78 is 7.67. The van der Waals surface area contributed by atoms with Crippen LogP contribution in [0.1, 0.15) is 12.1 Å². The van der Waals surface area contributed by atoms with Crippen LogP contribution >= 0.6 is 11.8 Å². The van der Waals surface area contributed by atoms with E-state index < -0.39 is 0 Å². The lowest BCUT2D eigenvalue weighted by atomic mass is 9.95. The van der Waals surface area contributed by atoms with Crippen molar-refractivity contribution in [3.8, 4) is 0 Å². The Morgan fingerprint density at radius 2 is 2.33 bits per heavy atom. The van der Waals surface area contributed by atoms with Gasteiger partial charge in [-0.05, 0) is 19.1 Å². The van der Waals surface area contributed by atoms with Gasteiger partial charge >= 0.3 is 0 Å². The molecule has 0 saturated carbocycles. The van der Waals surface area contributed by atoms with Crippen LogP contribution in [0.25, 0.3) is 0 Å². The highest BCUT2D eigenvalue weighted by Gasteiger charge is 2.40. The van der Waals surface area contributed by atoms with Gasteiger partial charge in [-0.3, -0.25) is 4.90 Å². The molecule has 4 rings (SSSR count). The second-order valence-corrected chi connectivity index (χ2v) is 8.46. The van der Waals surface area contributed by atoms with E-state index in [9.17, 15) is 0 Å². The van der Waals surface area contributed by atoms with Crippen molar-refractivity contribution in [2.75, 3.05) is 62.8 Å². The minimum Gasteiger partial charge on any atom is -0.379 e. The van der Waals surface area contributed by atoms with Gasteiger partial charge in [0.1, 0.15) is 5.82 Å². The normalized spacial score (nSPS) is 31.0. The minimum atomic E-state index is 0.337. The summed E-state index contributed by atoms with van der Waals surface area (Å²) in [5.74, 6) is 4.32. The molecule has 24 heavy (non-hydrogen) atoms. The molecule has 2 atom stereocenters. The third-order valence-corrected chi connectivity index (χ3v) is 6.79. The Morgan fingerprint density at radius 1 is 1.46 bits per heavy atom. The third-order valence-electron chi connectivity index (χ3n) is 5.56. The summed E-state index contributed by atoms with van der Waals surface area (Å²) in [6.45, 7) is 10.2. The molecule has 134 valence electrons. The standard InChI is InChI=1S/C17H29N5OS/c1-14-8-16-19-10-15(11-22(16)20-14)9-18-12-17(2-7-24-13-17)21-3-5-23-6-4-21/h8,15,18-19H,2-7,9-13H2,1H3/t15-,17+/m1/s1. The van der Waals surface area contributed by atoms with E-state index in [0.29, 0.717) is 11.5 Å². The smallest absolute Gasteiger partial charge is 0.124 e. The van der Waals surface area contributed by atoms with Gasteiger partial charge in [0.05, 0.1) is 18.9 Å². The summed E-state index contributed by atoms with van der Waals surface area (Å²) in [6, 6.07) is 2.13. The zero-order valence-electron chi connectivity index (χ0n) is 14.6. The Bertz CT molecular complexity index is 551. The lowest BCUT2D eigenvalue weighted by molar-refractivity contribution is -0.0135. The zero-order chi connectivity index (χ0) is 16.4. The van der Waals surface area contributed by atoms with Crippen molar-refractivity contribution in [1.29, 1.82) is 0 Å². The monoisotopic (exact) mass is 351 g/mol. The minimum absolute atomic E-state index is 0.337. The van der Waals surface area contributed by atoms with Crippen LogP contribution in [0.3, 0.4) is 0 Å². The first kappa shape index (κ1) is 16.7. The fourth-order valence-corrected chi connectivity index (χ4v) is 5.64. The van der Waals surface area contributed by atoms with Crippen LogP contribution in [0.15, 0.2) is 6.07 Å². The van der Waals surface area contributed by atoms with E-state index in [-0.39, 0.29) is 0 Å². The highest BCUT2D eigenvalue weighted by atomic mass is 32.2. The fraction of sp³-hybridized carbons (Fsp3) is 0.824. The second-order valence-electron chi connectivity index (χ2n) is 7.36. The van der Waals surface area contributed by atoms with Crippen LogP contribution < -0.4 is 10.6 Å². The molecule has 6 nitrogen and oxygen atoms in total. The largest absolute Gasteiger partial charge is 0.379 e. The van der Waals surface area contributed by atoms with E-state index in [2.05, 4.69) is 50.1 Å². The molecule has 0 radical (unpaired) electrons. The number of thioether (sulfide) groups is 1. The third kappa shape index (κ3) is 3.45. The molecular formula is C17H29N5OS. The number of nitrogens with zero attached hydrogens (tertiary/aromatic N) is 3. The molecule has 1 aromatic rings. The molecule has 4 heterocycles. The van der Waals surface area contributed by atoms with Crippen molar-refractivity contribution in [2.24, 2.45) is 5.92 Å². The van der Waals surface area contributed by atoms with Gasteiger partial charge in [0.2, 0.25) is 0 Å². The molecule has 0 amide bonds. The van der Waals surface area contributed by atoms with Crippen LogP contribution in [0.5, 0.6) is 0 Å². The van der Waals surface area contributed by atoms with Crippen molar-refractivity contribution in [1.82, 2.24) is 20.0 Å². The first-order valence-corrected chi connectivity index (χ1v) is 10.3. The first-order chi connectivity index (χ1) is 11.8. The molecule has 3 aliphatic rings. The average Bonchev–Trinajstić information content (AvgIpc) is 3.22. The number of rotatable bonds is 5. The summed E-state index contributed by atoms with van der Waals surface area (Å²) >= 11 is 2.11. The maximum absolute atomic E-state index is 5.55. The molecule has 2 saturated heterocycles. The van der Waals surface area contributed by atoms with E-state index in [4.69, 9.17) is 4.74 Å². The van der Waals surface area contributed by atoms with Crippen LogP contribution in [0.4, 0.5) is 5.82 Å². The van der Waals surface area contributed by atoms with E-state index in [1.54, 1.807) is 0 Å². The number of anilines is 1. The maximum atomic E-state index is 5.55. The number of morpholine rings is 1. The van der Waals surface area contributed by atoms with E-state index in [0.717, 1.165) is 58.2 Å². The van der Waals surface area contributed by atoms with Gasteiger partial charge in [0, 0.05) is 62.5 Å². The zero-order valence-corrected chi connectivity index (χ0v) is 15.4. The van der Waals surface area contributed by atoms with Gasteiger partial charge in [0.15, 0.2) is 0 Å². The summed E-state index contributed by atoms with van der Waals surface area (Å²) in [4.78, 5) is 2.68. The van der Waals surface area contributed by atoms with Crippen molar-refractivity contribution < 1.29 is 4.74 Å². The summed E-state index contributed by atoms with van der Waals surface area (Å²) in [7, 11) is 0. The first-order valence-electron chi connectivity index (χ1n) is 9.15. The maximum Gasteiger partial charge on any atom is 0.124 e. The van der Waals surface area contributed by atoms with Crippen molar-refractivity contribution in [3.63, 3.8) is 0 Å². The van der Waals surface area contributed by atoms with Crippen LogP contribution in [-0.4, -0.2) is 77.7 Å². The Balaban J connectivity index is 1.31. The molecule has 0 aromatic carbocycles. The van der Waals surface area contributed by atoms with Gasteiger partial charge < -0.3 is 15.4 Å². The van der Waals surface area contributed by atoms with Crippen LogP contribution in [-0.2, 0) is 11.3 Å². The number of hydrogen-bond donors (Lipinski definition) is 2. The molecule has 0 spiro atoms. The van der Waals surface area contributed by atoms with Gasteiger partial charge in [0.25, 0.3) is 0 Å². The van der Waals surface area contributed by atoms with E-state index in [1.807, 2.05) is 0 Å². The fourth-order valence-electron chi connectivity index (χ4n) is 4.17. The highest BCUT2D eigenvalue weighted by molar-refractivity contribution is 7.99. The predicted molar refractivity (Wildman–Crippen MR) is 98.9 cm³/mol. The summed E-state index contributed by atoms with van der Waals surface area (Å²) in [5.41, 5.74) is 1.43. The number of hydrogen-bond acceptors (Lipinski definition) is 6. The van der Waals surface area contributed by atoms with Gasteiger partial charge in [-0.25, -0.2) is 4.68 Å². The van der Waals surface area contributed by atoms with E-state index in [1.165, 1.54) is 23.7 Å². The number of nitrogens with one attached hydrogen (secondary N) is 2. The quantitative estimate of drug-likeness (QED) is 0.826. The molecule has 1 aromatic heterocycles. The van der Waals surface area contributed by atoms with Crippen molar-refractivity contribution >= 4 is 17.6 Å². The number of aryl methyl sites for hydroxylation is 1. The second kappa shape index (κ2) is 7.23. The van der Waals surface area contributed by atoms with Crippen LogP contribution in [0, 0.1) is 12.8 Å².